The van der Waals surface area contributed by atoms with E-state index in [1.165, 1.54) is 44.5 Å². The minimum atomic E-state index is 1.24. The Morgan fingerprint density at radius 1 is 0.357 bits per heavy atom. The molecule has 0 unspecified atom stereocenters. The fraction of sp³-hybridized carbons (Fsp3) is 0. The molecule has 4 aromatic rings. The molecule has 0 bridgehead atoms. The molecule has 0 heteroatoms. The van der Waals surface area contributed by atoms with Crippen molar-refractivity contribution in [3.63, 3.8) is 0 Å². The first kappa shape index (κ1) is 16.5. The van der Waals surface area contributed by atoms with Gasteiger partial charge < -0.3 is 0 Å². The minimum Gasteiger partial charge on any atom is -0.0622 e. The van der Waals surface area contributed by atoms with Crippen LogP contribution in [0.15, 0.2) is 109 Å². The lowest BCUT2D eigenvalue weighted by atomic mass is 9.82. The van der Waals surface area contributed by atoms with Crippen molar-refractivity contribution in [1.29, 1.82) is 0 Å². The third-order valence-corrected chi connectivity index (χ3v) is 5.28. The summed E-state index contributed by atoms with van der Waals surface area (Å²) >= 11 is 0. The first-order chi connectivity index (χ1) is 13.9. The summed E-state index contributed by atoms with van der Waals surface area (Å²) in [6.07, 6.45) is 8.66. The summed E-state index contributed by atoms with van der Waals surface area (Å²) in [6, 6.07) is 34.6. The van der Waals surface area contributed by atoms with Gasteiger partial charge in [0.05, 0.1) is 0 Å². The summed E-state index contributed by atoms with van der Waals surface area (Å²) in [4.78, 5) is 0. The van der Waals surface area contributed by atoms with Gasteiger partial charge in [-0.25, -0.2) is 0 Å². The number of hydrogen-bond donors (Lipinski definition) is 0. The number of benzene rings is 4. The van der Waals surface area contributed by atoms with Gasteiger partial charge in [-0.3, -0.25) is 0 Å². The highest BCUT2D eigenvalue weighted by molar-refractivity contribution is 6.00. The molecular weight excluding hydrogens is 336 g/mol. The SMILES string of the molecule is C1=C\c2ccccc2-c2c(ccc(-c3ccccc3)c2-c2ccccc2)\C=C/1. The summed E-state index contributed by atoms with van der Waals surface area (Å²) in [6.45, 7) is 0. The third kappa shape index (κ3) is 2.90. The molecule has 0 atom stereocenters. The van der Waals surface area contributed by atoms with E-state index in [-0.39, 0.29) is 0 Å². The molecule has 0 saturated carbocycles. The van der Waals surface area contributed by atoms with Gasteiger partial charge in [-0.2, -0.15) is 0 Å². The second-order valence-electron chi connectivity index (χ2n) is 6.99. The van der Waals surface area contributed by atoms with Crippen LogP contribution in [-0.2, 0) is 0 Å². The van der Waals surface area contributed by atoms with Gasteiger partial charge in [0.25, 0.3) is 0 Å². The van der Waals surface area contributed by atoms with Gasteiger partial charge in [0, 0.05) is 0 Å². The van der Waals surface area contributed by atoms with E-state index in [0.29, 0.717) is 0 Å². The molecule has 0 spiro atoms. The van der Waals surface area contributed by atoms with Gasteiger partial charge in [-0.05, 0) is 44.5 Å². The Morgan fingerprint density at radius 3 is 1.71 bits per heavy atom. The number of hydrogen-bond acceptors (Lipinski definition) is 0. The second kappa shape index (κ2) is 7.17. The Balaban J connectivity index is 1.92. The Morgan fingerprint density at radius 2 is 0.964 bits per heavy atom. The predicted molar refractivity (Wildman–Crippen MR) is 121 cm³/mol. The molecule has 0 N–H and O–H groups in total. The molecule has 4 aromatic carbocycles. The molecule has 0 amide bonds. The van der Waals surface area contributed by atoms with E-state index in [9.17, 15) is 0 Å². The second-order valence-corrected chi connectivity index (χ2v) is 6.99. The van der Waals surface area contributed by atoms with Gasteiger partial charge >= 0.3 is 0 Å². The summed E-state index contributed by atoms with van der Waals surface area (Å²) < 4.78 is 0. The highest BCUT2D eigenvalue weighted by Gasteiger charge is 2.18. The highest BCUT2D eigenvalue weighted by atomic mass is 14.2. The average Bonchev–Trinajstić information content (AvgIpc) is 2.76. The fourth-order valence-electron chi connectivity index (χ4n) is 4.00. The van der Waals surface area contributed by atoms with Crippen LogP contribution in [0.1, 0.15) is 11.1 Å². The molecule has 0 radical (unpaired) electrons. The number of allylic oxidation sites excluding steroid dienone is 2. The zero-order valence-electron chi connectivity index (χ0n) is 15.5. The first-order valence-electron chi connectivity index (χ1n) is 9.64. The van der Waals surface area contributed by atoms with Crippen molar-refractivity contribution >= 4 is 12.2 Å². The molecule has 5 rings (SSSR count). The number of rotatable bonds is 2. The van der Waals surface area contributed by atoms with Crippen LogP contribution in [0.25, 0.3) is 45.5 Å². The van der Waals surface area contributed by atoms with Gasteiger partial charge in [0.15, 0.2) is 0 Å². The van der Waals surface area contributed by atoms with Crippen LogP contribution < -0.4 is 0 Å². The van der Waals surface area contributed by atoms with Gasteiger partial charge in [-0.1, -0.05) is 121 Å². The maximum absolute atomic E-state index is 2.26. The lowest BCUT2D eigenvalue weighted by Gasteiger charge is -2.21. The Hall–Kier alpha value is -3.64. The van der Waals surface area contributed by atoms with Gasteiger partial charge in [-0.15, -0.1) is 0 Å². The summed E-state index contributed by atoms with van der Waals surface area (Å²) in [5.41, 5.74) is 10.1. The quantitative estimate of drug-likeness (QED) is 0.345. The van der Waals surface area contributed by atoms with Gasteiger partial charge in [0.2, 0.25) is 0 Å². The molecule has 0 fully saturated rings. The fourth-order valence-corrected chi connectivity index (χ4v) is 4.00. The van der Waals surface area contributed by atoms with Crippen LogP contribution in [0.4, 0.5) is 0 Å². The van der Waals surface area contributed by atoms with Crippen molar-refractivity contribution in [1.82, 2.24) is 0 Å². The van der Waals surface area contributed by atoms with Crippen LogP contribution in [-0.4, -0.2) is 0 Å². The molecule has 0 nitrogen and oxygen atoms in total. The topological polar surface area (TPSA) is 0 Å². The van der Waals surface area contributed by atoms with Crippen LogP contribution in [0, 0.1) is 0 Å². The standard InChI is InChI=1S/C28H20/c1-3-11-22(12-4-1)26-20-19-24-17-8-7-13-21-14-9-10-18-25(21)28(24)27(26)23-15-5-2-6-16-23/h1-20H/b8-7?,13-7-,17-8-,21-13?,24-17?,28-25?. The molecule has 0 heterocycles. The van der Waals surface area contributed by atoms with Crippen molar-refractivity contribution in [3.8, 4) is 33.4 Å². The predicted octanol–water partition coefficient (Wildman–Crippen LogP) is 7.73. The molecule has 0 aliphatic heterocycles. The van der Waals surface area contributed by atoms with Crippen LogP contribution in [0.2, 0.25) is 0 Å². The van der Waals surface area contributed by atoms with Crippen LogP contribution in [0.3, 0.4) is 0 Å². The average molecular weight is 356 g/mol. The van der Waals surface area contributed by atoms with Crippen molar-refractivity contribution in [3.05, 3.63) is 120 Å². The summed E-state index contributed by atoms with van der Waals surface area (Å²) in [5.74, 6) is 0. The lowest BCUT2D eigenvalue weighted by molar-refractivity contribution is 1.52. The van der Waals surface area contributed by atoms with E-state index in [0.717, 1.165) is 0 Å². The molecule has 0 aromatic heterocycles. The van der Waals surface area contributed by atoms with Crippen molar-refractivity contribution in [2.24, 2.45) is 0 Å². The first-order valence-corrected chi connectivity index (χ1v) is 9.64. The van der Waals surface area contributed by atoms with Crippen molar-refractivity contribution in [2.45, 2.75) is 0 Å². The number of fused-ring (bicyclic) bond motifs is 3. The minimum absolute atomic E-state index is 1.24. The van der Waals surface area contributed by atoms with E-state index >= 15 is 0 Å². The lowest BCUT2D eigenvalue weighted by Crippen LogP contribution is -1.96. The summed E-state index contributed by atoms with van der Waals surface area (Å²) in [5, 5.41) is 0. The van der Waals surface area contributed by atoms with Crippen LogP contribution in [0.5, 0.6) is 0 Å². The van der Waals surface area contributed by atoms with E-state index < -0.39 is 0 Å². The monoisotopic (exact) mass is 356 g/mol. The Bertz CT molecular complexity index is 1180. The Labute approximate surface area is 166 Å². The van der Waals surface area contributed by atoms with Crippen molar-refractivity contribution < 1.29 is 0 Å². The molecule has 28 heavy (non-hydrogen) atoms. The largest absolute Gasteiger partial charge is 0.0622 e. The molecule has 0 saturated heterocycles. The maximum Gasteiger partial charge on any atom is -0.00206 e. The van der Waals surface area contributed by atoms with E-state index in [1.54, 1.807) is 0 Å². The summed E-state index contributed by atoms with van der Waals surface area (Å²) in [7, 11) is 0. The molecule has 1 aliphatic rings. The zero-order chi connectivity index (χ0) is 18.8. The molecule has 132 valence electrons. The highest BCUT2D eigenvalue weighted by Crippen LogP contribution is 2.44. The van der Waals surface area contributed by atoms with E-state index in [4.69, 9.17) is 0 Å². The molecular formula is C28H20. The van der Waals surface area contributed by atoms with E-state index in [1.807, 2.05) is 0 Å². The van der Waals surface area contributed by atoms with Gasteiger partial charge in [0.1, 0.15) is 0 Å². The third-order valence-electron chi connectivity index (χ3n) is 5.28. The maximum atomic E-state index is 2.26. The van der Waals surface area contributed by atoms with Crippen molar-refractivity contribution in [2.75, 3.05) is 0 Å². The smallest absolute Gasteiger partial charge is 0.00206 e. The van der Waals surface area contributed by atoms with Crippen LogP contribution >= 0.6 is 0 Å². The Kier molecular flexibility index (Phi) is 4.23. The zero-order valence-corrected chi connectivity index (χ0v) is 15.5. The van der Waals surface area contributed by atoms with E-state index in [2.05, 4.69) is 121 Å². The normalized spacial score (nSPS) is 14.3. The molecule has 1 aliphatic carbocycles.